The minimum atomic E-state index is -0.799. The Bertz CT molecular complexity index is 723. The second kappa shape index (κ2) is 6.20. The van der Waals surface area contributed by atoms with Gasteiger partial charge < -0.3 is 10.4 Å². The van der Waals surface area contributed by atoms with Crippen LogP contribution in [0.3, 0.4) is 0 Å². The molecular formula is C16H18N4O3. The summed E-state index contributed by atoms with van der Waals surface area (Å²) in [4.78, 5) is 23.2. The number of aryl methyl sites for hydroxylation is 1. The summed E-state index contributed by atoms with van der Waals surface area (Å²) in [6, 6.07) is 7.61. The van der Waals surface area contributed by atoms with Crippen LogP contribution < -0.4 is 5.32 Å². The van der Waals surface area contributed by atoms with Crippen molar-refractivity contribution in [2.24, 2.45) is 5.92 Å². The molecule has 1 aromatic heterocycles. The van der Waals surface area contributed by atoms with E-state index < -0.39 is 5.97 Å². The van der Waals surface area contributed by atoms with E-state index in [0.29, 0.717) is 19.3 Å². The minimum Gasteiger partial charge on any atom is -0.481 e. The van der Waals surface area contributed by atoms with Crippen molar-refractivity contribution in [2.45, 2.75) is 32.2 Å². The van der Waals surface area contributed by atoms with Gasteiger partial charge in [-0.05, 0) is 38.3 Å². The summed E-state index contributed by atoms with van der Waals surface area (Å²) in [5, 5.41) is 19.7. The van der Waals surface area contributed by atoms with Crippen molar-refractivity contribution in [3.05, 3.63) is 41.7 Å². The Morgan fingerprint density at radius 3 is 2.65 bits per heavy atom. The molecule has 23 heavy (non-hydrogen) atoms. The Kier molecular flexibility index (Phi) is 4.10. The van der Waals surface area contributed by atoms with Gasteiger partial charge in [0.05, 0.1) is 17.8 Å². The molecule has 2 N–H and O–H groups in total. The molecule has 0 unspecified atom stereocenters. The molecule has 1 aliphatic carbocycles. The van der Waals surface area contributed by atoms with Crippen LogP contribution in [0.15, 0.2) is 30.5 Å². The van der Waals surface area contributed by atoms with Crippen LogP contribution in [0, 0.1) is 12.8 Å². The van der Waals surface area contributed by atoms with Crippen molar-refractivity contribution >= 4 is 11.9 Å². The van der Waals surface area contributed by atoms with Crippen LogP contribution in [0.2, 0.25) is 0 Å². The normalized spacial score (nSPS) is 20.4. The summed E-state index contributed by atoms with van der Waals surface area (Å²) in [5.41, 5.74) is 2.19. The van der Waals surface area contributed by atoms with Gasteiger partial charge >= 0.3 is 5.97 Å². The van der Waals surface area contributed by atoms with Crippen LogP contribution >= 0.6 is 0 Å². The molecule has 1 saturated carbocycles. The maximum absolute atomic E-state index is 12.2. The minimum absolute atomic E-state index is 0.117. The lowest BCUT2D eigenvalue weighted by atomic mass is 10.1. The lowest BCUT2D eigenvalue weighted by Crippen LogP contribution is -2.33. The fraction of sp³-hybridized carbons (Fsp3) is 0.375. The monoisotopic (exact) mass is 314 g/mol. The number of carbonyl (C=O) groups excluding carboxylic acids is 1. The largest absolute Gasteiger partial charge is 0.481 e. The summed E-state index contributed by atoms with van der Waals surface area (Å²) in [5.74, 6) is -1.49. The number of carboxylic acids is 1. The number of aromatic nitrogens is 3. The van der Waals surface area contributed by atoms with Crippen LogP contribution in [0.1, 0.15) is 35.3 Å². The Labute approximate surface area is 133 Å². The van der Waals surface area contributed by atoms with Crippen molar-refractivity contribution in [1.29, 1.82) is 0 Å². The molecule has 0 radical (unpaired) electrons. The Morgan fingerprint density at radius 2 is 2.00 bits per heavy atom. The topological polar surface area (TPSA) is 97.1 Å². The van der Waals surface area contributed by atoms with E-state index in [1.54, 1.807) is 10.9 Å². The van der Waals surface area contributed by atoms with Gasteiger partial charge in [-0.25, -0.2) is 4.68 Å². The van der Waals surface area contributed by atoms with Crippen LogP contribution in [0.5, 0.6) is 0 Å². The van der Waals surface area contributed by atoms with Gasteiger partial charge in [-0.3, -0.25) is 9.59 Å². The van der Waals surface area contributed by atoms with E-state index in [2.05, 4.69) is 15.6 Å². The number of rotatable bonds is 4. The number of hydrogen-bond donors (Lipinski definition) is 2. The molecule has 2 aromatic rings. The van der Waals surface area contributed by atoms with Gasteiger partial charge in [-0.15, -0.1) is 5.10 Å². The first kappa shape index (κ1) is 15.2. The molecule has 3 rings (SSSR count). The number of amides is 1. The molecule has 0 bridgehead atoms. The summed E-state index contributed by atoms with van der Waals surface area (Å²) in [6.07, 6.45) is 3.31. The number of hydrogen-bond acceptors (Lipinski definition) is 4. The molecule has 0 saturated heterocycles. The number of carboxylic acid groups (broad SMARTS) is 1. The lowest BCUT2D eigenvalue weighted by molar-refractivity contribution is -0.141. The van der Waals surface area contributed by atoms with Crippen molar-refractivity contribution in [3.8, 4) is 5.69 Å². The standard InChI is InChI=1S/C16H18N4O3/c1-10-2-6-13(7-3-10)20-9-14(18-19-20)15(21)17-12-5-4-11(8-12)16(22)23/h2-3,6-7,9,11-12H,4-5,8H2,1H3,(H,17,21)(H,22,23)/t11-,12+/m0/s1. The van der Waals surface area contributed by atoms with E-state index in [1.165, 1.54) is 0 Å². The van der Waals surface area contributed by atoms with Gasteiger partial charge in [0.2, 0.25) is 0 Å². The Hall–Kier alpha value is -2.70. The smallest absolute Gasteiger partial charge is 0.306 e. The third-order valence-corrected chi connectivity index (χ3v) is 4.14. The van der Waals surface area contributed by atoms with Crippen molar-refractivity contribution in [1.82, 2.24) is 20.3 Å². The van der Waals surface area contributed by atoms with Gasteiger partial charge in [0.25, 0.3) is 5.91 Å². The van der Waals surface area contributed by atoms with E-state index in [9.17, 15) is 9.59 Å². The van der Waals surface area contributed by atoms with Crippen LogP contribution in [0.4, 0.5) is 0 Å². The molecule has 120 valence electrons. The highest BCUT2D eigenvalue weighted by Gasteiger charge is 2.31. The average Bonchev–Trinajstić information content (AvgIpc) is 3.17. The predicted molar refractivity (Wildman–Crippen MR) is 82.3 cm³/mol. The van der Waals surface area contributed by atoms with E-state index >= 15 is 0 Å². The molecule has 2 atom stereocenters. The first-order valence-electron chi connectivity index (χ1n) is 7.56. The van der Waals surface area contributed by atoms with Gasteiger partial charge in [0.15, 0.2) is 5.69 Å². The van der Waals surface area contributed by atoms with E-state index in [4.69, 9.17) is 5.11 Å². The van der Waals surface area contributed by atoms with E-state index in [1.807, 2.05) is 31.2 Å². The fourth-order valence-electron chi connectivity index (χ4n) is 2.79. The van der Waals surface area contributed by atoms with Crippen molar-refractivity contribution in [2.75, 3.05) is 0 Å². The molecule has 7 nitrogen and oxygen atoms in total. The molecule has 1 aromatic carbocycles. The zero-order chi connectivity index (χ0) is 16.4. The van der Waals surface area contributed by atoms with Gasteiger partial charge in [0, 0.05) is 6.04 Å². The first-order valence-corrected chi connectivity index (χ1v) is 7.56. The Balaban J connectivity index is 1.65. The zero-order valence-electron chi connectivity index (χ0n) is 12.8. The molecule has 1 heterocycles. The molecular weight excluding hydrogens is 296 g/mol. The zero-order valence-corrected chi connectivity index (χ0v) is 12.8. The van der Waals surface area contributed by atoms with E-state index in [0.717, 1.165) is 11.3 Å². The molecule has 0 spiro atoms. The first-order chi connectivity index (χ1) is 11.0. The molecule has 7 heteroatoms. The van der Waals surface area contributed by atoms with Crippen molar-refractivity contribution < 1.29 is 14.7 Å². The van der Waals surface area contributed by atoms with Crippen LogP contribution in [0.25, 0.3) is 5.69 Å². The number of benzene rings is 1. The molecule has 0 aliphatic heterocycles. The van der Waals surface area contributed by atoms with Gasteiger partial charge in [0.1, 0.15) is 0 Å². The SMILES string of the molecule is Cc1ccc(-n2cc(C(=O)N[C@@H]3CC[C@H](C(=O)O)C3)nn2)cc1. The number of nitrogens with one attached hydrogen (secondary N) is 1. The summed E-state index contributed by atoms with van der Waals surface area (Å²) < 4.78 is 1.54. The number of nitrogens with zero attached hydrogens (tertiary/aromatic N) is 3. The summed E-state index contributed by atoms with van der Waals surface area (Å²) in [6.45, 7) is 2.00. The third kappa shape index (κ3) is 3.39. The van der Waals surface area contributed by atoms with Crippen LogP contribution in [-0.2, 0) is 4.79 Å². The second-order valence-electron chi connectivity index (χ2n) is 5.90. The van der Waals surface area contributed by atoms with E-state index in [-0.39, 0.29) is 23.6 Å². The number of aliphatic carboxylic acids is 1. The summed E-state index contributed by atoms with van der Waals surface area (Å²) in [7, 11) is 0. The average molecular weight is 314 g/mol. The van der Waals surface area contributed by atoms with Gasteiger partial charge in [-0.2, -0.15) is 0 Å². The third-order valence-electron chi connectivity index (χ3n) is 4.14. The maximum Gasteiger partial charge on any atom is 0.306 e. The highest BCUT2D eigenvalue weighted by Crippen LogP contribution is 2.25. The molecule has 1 amide bonds. The fourth-order valence-corrected chi connectivity index (χ4v) is 2.79. The van der Waals surface area contributed by atoms with Crippen molar-refractivity contribution in [3.63, 3.8) is 0 Å². The number of carbonyl (C=O) groups is 2. The van der Waals surface area contributed by atoms with Crippen LogP contribution in [-0.4, -0.2) is 38.0 Å². The highest BCUT2D eigenvalue weighted by atomic mass is 16.4. The quantitative estimate of drug-likeness (QED) is 0.892. The van der Waals surface area contributed by atoms with Gasteiger partial charge in [-0.1, -0.05) is 22.9 Å². The Morgan fingerprint density at radius 1 is 1.26 bits per heavy atom. The second-order valence-corrected chi connectivity index (χ2v) is 5.90. The predicted octanol–water partition coefficient (Wildman–Crippen LogP) is 1.56. The maximum atomic E-state index is 12.2. The molecule has 1 aliphatic rings. The molecule has 1 fully saturated rings. The summed E-state index contributed by atoms with van der Waals surface area (Å²) >= 11 is 0. The lowest BCUT2D eigenvalue weighted by Gasteiger charge is -2.10. The highest BCUT2D eigenvalue weighted by molar-refractivity contribution is 5.92.